The Morgan fingerprint density at radius 1 is 1.20 bits per heavy atom. The van der Waals surface area contributed by atoms with Crippen molar-refractivity contribution in [1.82, 2.24) is 25.0 Å². The van der Waals surface area contributed by atoms with Crippen molar-refractivity contribution in [3.05, 3.63) is 59.9 Å². The molecular weight excluding hydrogens is 459 g/mol. The van der Waals surface area contributed by atoms with Crippen molar-refractivity contribution in [3.63, 3.8) is 0 Å². The summed E-state index contributed by atoms with van der Waals surface area (Å²) in [5, 5.41) is 17.2. The Morgan fingerprint density at radius 2 is 2.06 bits per heavy atom. The van der Waals surface area contributed by atoms with Crippen LogP contribution in [0.15, 0.2) is 48.7 Å². The number of halogens is 3. The number of anilines is 1. The molecule has 0 N–H and O–H groups in total. The van der Waals surface area contributed by atoms with Crippen molar-refractivity contribution < 1.29 is 17.9 Å². The summed E-state index contributed by atoms with van der Waals surface area (Å²) in [4.78, 5) is 10.6. The van der Waals surface area contributed by atoms with Crippen molar-refractivity contribution in [3.8, 4) is 23.1 Å². The molecule has 35 heavy (non-hydrogen) atoms. The minimum Gasteiger partial charge on any atom is -0.493 e. The average molecular weight is 479 g/mol. The molecule has 0 bridgehead atoms. The zero-order valence-electron chi connectivity index (χ0n) is 18.7. The van der Waals surface area contributed by atoms with Gasteiger partial charge >= 0.3 is 6.18 Å². The Balaban J connectivity index is 1.39. The second kappa shape index (κ2) is 8.87. The highest BCUT2D eigenvalue weighted by Gasteiger charge is 2.35. The summed E-state index contributed by atoms with van der Waals surface area (Å²) in [6.07, 6.45) is -2.11. The molecule has 1 atom stereocenters. The van der Waals surface area contributed by atoms with Crippen LogP contribution in [0, 0.1) is 17.2 Å². The molecule has 1 aliphatic heterocycles. The third-order valence-corrected chi connectivity index (χ3v) is 6.02. The first-order valence-corrected chi connectivity index (χ1v) is 10.9. The van der Waals surface area contributed by atoms with Gasteiger partial charge < -0.3 is 9.64 Å². The first-order chi connectivity index (χ1) is 16.8. The largest absolute Gasteiger partial charge is 0.493 e. The molecule has 8 nitrogen and oxygen atoms in total. The number of aryl methyl sites for hydroxylation is 1. The zero-order chi connectivity index (χ0) is 24.6. The molecule has 11 heteroatoms. The van der Waals surface area contributed by atoms with E-state index in [1.54, 1.807) is 19.3 Å². The van der Waals surface area contributed by atoms with Gasteiger partial charge in [0.2, 0.25) is 0 Å². The minimum atomic E-state index is -4.63. The molecule has 1 aromatic carbocycles. The van der Waals surface area contributed by atoms with E-state index in [4.69, 9.17) is 4.74 Å². The molecule has 0 aliphatic carbocycles. The monoisotopic (exact) mass is 479 g/mol. The standard InChI is InChI=1S/C24H20F3N7O/c1-33-20-11-18(30-19(12-28)23(20)31-32-33)16-5-6-21(17(10-16)24(25,26)27)35-14-15-7-9-34(13-15)22-4-2-3-8-29-22/h2-6,8,10-11,15H,7,9,13-14H2,1H3/t15-/m1/s1. The van der Waals surface area contributed by atoms with Crippen LogP contribution in [-0.2, 0) is 13.2 Å². The van der Waals surface area contributed by atoms with Crippen molar-refractivity contribution in [1.29, 1.82) is 5.26 Å². The van der Waals surface area contributed by atoms with E-state index < -0.39 is 11.7 Å². The number of fused-ring (bicyclic) bond motifs is 1. The molecule has 0 spiro atoms. The molecule has 1 aliphatic rings. The first kappa shape index (κ1) is 22.6. The van der Waals surface area contributed by atoms with E-state index in [2.05, 4.69) is 25.2 Å². The number of pyridine rings is 2. The van der Waals surface area contributed by atoms with Gasteiger partial charge in [0.1, 0.15) is 23.2 Å². The van der Waals surface area contributed by atoms with Gasteiger partial charge in [0.05, 0.1) is 23.4 Å². The zero-order valence-corrected chi connectivity index (χ0v) is 18.7. The Morgan fingerprint density at radius 3 is 2.80 bits per heavy atom. The fourth-order valence-electron chi connectivity index (χ4n) is 4.22. The Kier molecular flexibility index (Phi) is 5.72. The molecule has 4 heterocycles. The number of benzene rings is 1. The predicted molar refractivity (Wildman–Crippen MR) is 122 cm³/mol. The molecule has 0 radical (unpaired) electrons. The lowest BCUT2D eigenvalue weighted by molar-refractivity contribution is -0.139. The lowest BCUT2D eigenvalue weighted by atomic mass is 10.0. The third-order valence-electron chi connectivity index (χ3n) is 6.02. The number of nitriles is 1. The van der Waals surface area contributed by atoms with Crippen LogP contribution in [-0.4, -0.2) is 44.7 Å². The summed E-state index contributed by atoms with van der Waals surface area (Å²) in [5.74, 6) is 0.693. The number of alkyl halides is 3. The maximum Gasteiger partial charge on any atom is 0.419 e. The van der Waals surface area contributed by atoms with E-state index in [-0.39, 0.29) is 35.2 Å². The van der Waals surface area contributed by atoms with E-state index in [9.17, 15) is 18.4 Å². The van der Waals surface area contributed by atoms with E-state index in [0.717, 1.165) is 24.8 Å². The molecule has 1 fully saturated rings. The Bertz CT molecular complexity index is 1410. The lowest BCUT2D eigenvalue weighted by Crippen LogP contribution is -2.23. The molecular formula is C24H20F3N7O. The maximum absolute atomic E-state index is 13.9. The average Bonchev–Trinajstić information content (AvgIpc) is 3.49. The molecule has 0 saturated carbocycles. The molecule has 178 valence electrons. The summed E-state index contributed by atoms with van der Waals surface area (Å²) in [5.41, 5.74) is 0.339. The number of hydrogen-bond donors (Lipinski definition) is 0. The van der Waals surface area contributed by atoms with Gasteiger partial charge in [-0.25, -0.2) is 14.6 Å². The molecule has 1 saturated heterocycles. The fraction of sp³-hybridized carbons (Fsp3) is 0.292. The topological polar surface area (TPSA) is 92.8 Å². The van der Waals surface area contributed by atoms with Crippen molar-refractivity contribution >= 4 is 16.9 Å². The summed E-state index contributed by atoms with van der Waals surface area (Å²) in [6, 6.07) is 13.0. The van der Waals surface area contributed by atoms with Gasteiger partial charge in [-0.05, 0) is 42.8 Å². The summed E-state index contributed by atoms with van der Waals surface area (Å²) in [7, 11) is 1.64. The van der Waals surface area contributed by atoms with Crippen LogP contribution in [0.5, 0.6) is 5.75 Å². The number of rotatable bonds is 5. The second-order valence-electron chi connectivity index (χ2n) is 8.36. The number of aromatic nitrogens is 5. The van der Waals surface area contributed by atoms with Crippen molar-refractivity contribution in [2.45, 2.75) is 12.6 Å². The molecule has 5 rings (SSSR count). The van der Waals surface area contributed by atoms with Gasteiger partial charge in [-0.3, -0.25) is 0 Å². The highest BCUT2D eigenvalue weighted by Crippen LogP contribution is 2.39. The normalized spacial score (nSPS) is 16.0. The second-order valence-corrected chi connectivity index (χ2v) is 8.36. The summed E-state index contributed by atoms with van der Waals surface area (Å²) >= 11 is 0. The van der Waals surface area contributed by atoms with Gasteiger partial charge in [0.25, 0.3) is 0 Å². The van der Waals surface area contributed by atoms with Crippen LogP contribution in [0.2, 0.25) is 0 Å². The SMILES string of the molecule is Cn1nnc2c(C#N)nc(-c3ccc(OC[C@@H]4CCN(c5ccccn5)C4)c(C(F)(F)F)c3)cc21. The van der Waals surface area contributed by atoms with Gasteiger partial charge in [0.15, 0.2) is 5.69 Å². The van der Waals surface area contributed by atoms with Gasteiger partial charge in [-0.1, -0.05) is 11.3 Å². The quantitative estimate of drug-likeness (QED) is 0.423. The van der Waals surface area contributed by atoms with Gasteiger partial charge in [-0.15, -0.1) is 5.10 Å². The lowest BCUT2D eigenvalue weighted by Gasteiger charge is -2.19. The highest BCUT2D eigenvalue weighted by molar-refractivity contribution is 5.83. The summed E-state index contributed by atoms with van der Waals surface area (Å²) < 4.78 is 49.0. The van der Waals surface area contributed by atoms with Gasteiger partial charge in [0, 0.05) is 37.8 Å². The first-order valence-electron chi connectivity index (χ1n) is 10.9. The molecule has 0 unspecified atom stereocenters. The Labute approximate surface area is 198 Å². The number of hydrogen-bond acceptors (Lipinski definition) is 7. The Hall–Kier alpha value is -4.20. The van der Waals surface area contributed by atoms with E-state index in [0.29, 0.717) is 17.6 Å². The van der Waals surface area contributed by atoms with Crippen molar-refractivity contribution in [2.24, 2.45) is 13.0 Å². The van der Waals surface area contributed by atoms with E-state index in [1.807, 2.05) is 24.3 Å². The van der Waals surface area contributed by atoms with Crippen molar-refractivity contribution in [2.75, 3.05) is 24.6 Å². The number of ether oxygens (including phenoxy) is 1. The van der Waals surface area contributed by atoms with Gasteiger partial charge in [-0.2, -0.15) is 18.4 Å². The molecule has 0 amide bonds. The predicted octanol–water partition coefficient (Wildman–Crippen LogP) is 4.22. The van der Waals surface area contributed by atoms with Crippen LogP contribution in [0.4, 0.5) is 19.0 Å². The fourth-order valence-corrected chi connectivity index (χ4v) is 4.22. The van der Waals surface area contributed by atoms with Crippen LogP contribution in [0.3, 0.4) is 0 Å². The summed E-state index contributed by atoms with van der Waals surface area (Å²) in [6.45, 7) is 1.60. The van der Waals surface area contributed by atoms with Crippen LogP contribution in [0.1, 0.15) is 17.7 Å². The number of nitrogens with zero attached hydrogens (tertiary/aromatic N) is 7. The van der Waals surface area contributed by atoms with Crippen LogP contribution >= 0.6 is 0 Å². The molecule has 4 aromatic rings. The van der Waals surface area contributed by atoms with Crippen LogP contribution in [0.25, 0.3) is 22.3 Å². The van der Waals surface area contributed by atoms with E-state index in [1.165, 1.54) is 16.8 Å². The van der Waals surface area contributed by atoms with Crippen LogP contribution < -0.4 is 9.64 Å². The third kappa shape index (κ3) is 4.47. The highest BCUT2D eigenvalue weighted by atomic mass is 19.4. The van der Waals surface area contributed by atoms with E-state index >= 15 is 0 Å². The molecule has 3 aromatic heterocycles. The minimum absolute atomic E-state index is 0.00169. The maximum atomic E-state index is 13.9. The smallest absolute Gasteiger partial charge is 0.419 e.